The maximum Gasteiger partial charge on any atom is 0.260 e. The van der Waals surface area contributed by atoms with E-state index in [1.54, 1.807) is 10.6 Å². The van der Waals surface area contributed by atoms with E-state index in [1.165, 1.54) is 23.0 Å². The van der Waals surface area contributed by atoms with Gasteiger partial charge in [-0.1, -0.05) is 17.7 Å². The molecule has 4 nitrogen and oxygen atoms in total. The van der Waals surface area contributed by atoms with Gasteiger partial charge >= 0.3 is 0 Å². The van der Waals surface area contributed by atoms with Crippen LogP contribution in [0.25, 0.3) is 4.96 Å². The summed E-state index contributed by atoms with van der Waals surface area (Å²) in [5, 5.41) is 5.13. The van der Waals surface area contributed by atoms with Gasteiger partial charge in [0.1, 0.15) is 5.82 Å². The minimum Gasteiger partial charge on any atom is -0.340 e. The number of anilines is 2. The van der Waals surface area contributed by atoms with Gasteiger partial charge in [0.2, 0.25) is 0 Å². The lowest BCUT2D eigenvalue weighted by atomic mass is 10.1. The number of benzene rings is 1. The summed E-state index contributed by atoms with van der Waals surface area (Å²) in [6.07, 6.45) is 1.74. The quantitative estimate of drug-likeness (QED) is 0.784. The van der Waals surface area contributed by atoms with Crippen molar-refractivity contribution in [3.63, 3.8) is 0 Å². The van der Waals surface area contributed by atoms with E-state index in [2.05, 4.69) is 43.2 Å². The number of fused-ring (bicyclic) bond motifs is 1. The molecule has 3 rings (SSSR count). The third kappa shape index (κ3) is 2.20. The molecular weight excluding hydrogens is 270 g/mol. The van der Waals surface area contributed by atoms with E-state index in [-0.39, 0.29) is 5.56 Å². The zero-order chi connectivity index (χ0) is 14.3. The van der Waals surface area contributed by atoms with Gasteiger partial charge in [0.25, 0.3) is 5.56 Å². The summed E-state index contributed by atoms with van der Waals surface area (Å²) in [7, 11) is 0. The number of rotatable bonds is 2. The fraction of sp³-hybridized carbons (Fsp3) is 0.200. The van der Waals surface area contributed by atoms with Crippen molar-refractivity contribution < 1.29 is 0 Å². The van der Waals surface area contributed by atoms with Crippen LogP contribution in [0.4, 0.5) is 11.5 Å². The van der Waals surface area contributed by atoms with E-state index in [9.17, 15) is 4.79 Å². The molecule has 0 spiro atoms. The summed E-state index contributed by atoms with van der Waals surface area (Å²) in [5.41, 5.74) is 4.48. The first-order valence-electron chi connectivity index (χ1n) is 6.36. The third-order valence-corrected chi connectivity index (χ3v) is 3.99. The van der Waals surface area contributed by atoms with E-state index in [1.807, 2.05) is 5.38 Å². The Hall–Kier alpha value is -2.14. The summed E-state index contributed by atoms with van der Waals surface area (Å²) in [6.45, 7) is 6.18. The molecule has 0 saturated carbocycles. The van der Waals surface area contributed by atoms with Gasteiger partial charge in [0.15, 0.2) is 4.96 Å². The Kier molecular flexibility index (Phi) is 3.06. The molecule has 0 atom stereocenters. The number of nitrogens with one attached hydrogen (secondary N) is 1. The fourth-order valence-electron chi connectivity index (χ4n) is 2.41. The Balaban J connectivity index is 2.07. The first kappa shape index (κ1) is 12.9. The van der Waals surface area contributed by atoms with Crippen molar-refractivity contribution in [2.24, 2.45) is 0 Å². The molecule has 2 aromatic heterocycles. The van der Waals surface area contributed by atoms with Gasteiger partial charge in [0.05, 0.1) is 0 Å². The van der Waals surface area contributed by atoms with Crippen LogP contribution in [0.5, 0.6) is 0 Å². The molecule has 0 saturated heterocycles. The van der Waals surface area contributed by atoms with Crippen LogP contribution in [-0.4, -0.2) is 9.38 Å². The molecule has 102 valence electrons. The standard InChI is InChI=1S/C15H15N3OS/c1-9-6-10(2)14(11(3)7-9)16-12-8-13(19)18-4-5-20-15(18)17-12/h4-8,16H,1-3H3. The molecule has 0 aliphatic heterocycles. The van der Waals surface area contributed by atoms with Crippen LogP contribution < -0.4 is 10.9 Å². The minimum absolute atomic E-state index is 0.0684. The topological polar surface area (TPSA) is 46.4 Å². The average molecular weight is 285 g/mol. The molecule has 20 heavy (non-hydrogen) atoms. The lowest BCUT2D eigenvalue weighted by Crippen LogP contribution is -2.13. The van der Waals surface area contributed by atoms with Crippen molar-refractivity contribution in [3.8, 4) is 0 Å². The molecule has 1 aromatic carbocycles. The van der Waals surface area contributed by atoms with Crippen molar-refractivity contribution >= 4 is 27.8 Å². The maximum atomic E-state index is 12.0. The Morgan fingerprint density at radius 1 is 1.15 bits per heavy atom. The molecule has 5 heteroatoms. The van der Waals surface area contributed by atoms with Gasteiger partial charge in [-0.2, -0.15) is 0 Å². The highest BCUT2D eigenvalue weighted by Crippen LogP contribution is 2.25. The second-order valence-corrected chi connectivity index (χ2v) is 5.81. The average Bonchev–Trinajstić information content (AvgIpc) is 2.82. The Morgan fingerprint density at radius 3 is 2.55 bits per heavy atom. The predicted molar refractivity (Wildman–Crippen MR) is 83.3 cm³/mol. The zero-order valence-corrected chi connectivity index (χ0v) is 12.4. The first-order valence-corrected chi connectivity index (χ1v) is 7.24. The van der Waals surface area contributed by atoms with Crippen molar-refractivity contribution in [2.45, 2.75) is 20.8 Å². The number of aryl methyl sites for hydroxylation is 3. The largest absolute Gasteiger partial charge is 0.340 e. The normalized spacial score (nSPS) is 10.9. The molecule has 0 aliphatic rings. The van der Waals surface area contributed by atoms with Gasteiger partial charge in [-0.15, -0.1) is 11.3 Å². The van der Waals surface area contributed by atoms with E-state index in [4.69, 9.17) is 0 Å². The van der Waals surface area contributed by atoms with Crippen LogP contribution in [-0.2, 0) is 0 Å². The van der Waals surface area contributed by atoms with E-state index < -0.39 is 0 Å². The number of thiazole rings is 1. The Labute approximate surface area is 120 Å². The summed E-state index contributed by atoms with van der Waals surface area (Å²) < 4.78 is 1.55. The van der Waals surface area contributed by atoms with Gasteiger partial charge in [-0.25, -0.2) is 4.98 Å². The second-order valence-electron chi connectivity index (χ2n) is 4.93. The molecule has 0 fully saturated rings. The highest BCUT2D eigenvalue weighted by molar-refractivity contribution is 7.15. The number of nitrogens with zero attached hydrogens (tertiary/aromatic N) is 2. The number of aromatic nitrogens is 2. The van der Waals surface area contributed by atoms with Gasteiger partial charge < -0.3 is 5.32 Å². The van der Waals surface area contributed by atoms with Crippen LogP contribution in [0.2, 0.25) is 0 Å². The Bertz CT molecular complexity index is 825. The molecule has 0 unspecified atom stereocenters. The van der Waals surface area contributed by atoms with Crippen molar-refractivity contribution in [1.29, 1.82) is 0 Å². The van der Waals surface area contributed by atoms with Crippen LogP contribution in [0.3, 0.4) is 0 Å². The maximum absolute atomic E-state index is 12.0. The molecule has 2 heterocycles. The van der Waals surface area contributed by atoms with Crippen LogP contribution in [0.15, 0.2) is 34.6 Å². The SMILES string of the molecule is Cc1cc(C)c(Nc2cc(=O)n3ccsc3n2)c(C)c1. The summed E-state index contributed by atoms with van der Waals surface area (Å²) in [4.78, 5) is 17.1. The van der Waals surface area contributed by atoms with Gasteiger partial charge in [-0.05, 0) is 31.9 Å². The molecule has 1 N–H and O–H groups in total. The van der Waals surface area contributed by atoms with Crippen molar-refractivity contribution in [1.82, 2.24) is 9.38 Å². The zero-order valence-electron chi connectivity index (χ0n) is 11.6. The summed E-state index contributed by atoms with van der Waals surface area (Å²) >= 11 is 1.45. The predicted octanol–water partition coefficient (Wildman–Crippen LogP) is 3.42. The highest BCUT2D eigenvalue weighted by atomic mass is 32.1. The number of hydrogen-bond acceptors (Lipinski definition) is 4. The molecule has 0 radical (unpaired) electrons. The fourth-order valence-corrected chi connectivity index (χ4v) is 3.13. The van der Waals surface area contributed by atoms with E-state index >= 15 is 0 Å². The molecule has 0 amide bonds. The third-order valence-electron chi connectivity index (χ3n) is 3.23. The van der Waals surface area contributed by atoms with E-state index in [0.29, 0.717) is 10.8 Å². The van der Waals surface area contributed by atoms with Gasteiger partial charge in [-0.3, -0.25) is 9.20 Å². The van der Waals surface area contributed by atoms with Gasteiger partial charge in [0, 0.05) is 23.3 Å². The summed E-state index contributed by atoms with van der Waals surface area (Å²) in [5.74, 6) is 0.590. The molecule has 0 bridgehead atoms. The lowest BCUT2D eigenvalue weighted by Gasteiger charge is -2.13. The van der Waals surface area contributed by atoms with E-state index in [0.717, 1.165) is 16.8 Å². The highest BCUT2D eigenvalue weighted by Gasteiger charge is 2.07. The smallest absolute Gasteiger partial charge is 0.260 e. The van der Waals surface area contributed by atoms with Crippen LogP contribution in [0, 0.1) is 20.8 Å². The molecule has 0 aliphatic carbocycles. The lowest BCUT2D eigenvalue weighted by molar-refractivity contribution is 1.08. The van der Waals surface area contributed by atoms with Crippen LogP contribution in [0.1, 0.15) is 16.7 Å². The second kappa shape index (κ2) is 4.76. The number of hydrogen-bond donors (Lipinski definition) is 1. The first-order chi connectivity index (χ1) is 9.54. The van der Waals surface area contributed by atoms with Crippen LogP contribution >= 0.6 is 11.3 Å². The molecular formula is C15H15N3OS. The molecule has 3 aromatic rings. The van der Waals surface area contributed by atoms with Crippen molar-refractivity contribution in [2.75, 3.05) is 5.32 Å². The summed E-state index contributed by atoms with van der Waals surface area (Å²) in [6, 6.07) is 5.76. The monoisotopic (exact) mass is 285 g/mol. The minimum atomic E-state index is -0.0684. The Morgan fingerprint density at radius 2 is 1.85 bits per heavy atom. The van der Waals surface area contributed by atoms with Crippen molar-refractivity contribution in [3.05, 3.63) is 56.8 Å².